The topological polar surface area (TPSA) is 95.8 Å². The fourth-order valence-corrected chi connectivity index (χ4v) is 3.57. The standard InChI is InChI=1S/C26H30O8/c1-29-21-7-5-17(13-25(21)31-3)19-15-24(34-12-10-28)20(16-23(19)33-11-9-27)18-6-8-22(30-2)26(14-18)32-4/h5-8,13-16,27-28H,9-12H2,1-4H3. The first-order valence-corrected chi connectivity index (χ1v) is 10.7. The summed E-state index contributed by atoms with van der Waals surface area (Å²) in [4.78, 5) is 0. The Morgan fingerprint density at radius 1 is 0.500 bits per heavy atom. The molecule has 3 aromatic carbocycles. The Morgan fingerprint density at radius 2 is 0.882 bits per heavy atom. The molecule has 0 aliphatic carbocycles. The summed E-state index contributed by atoms with van der Waals surface area (Å²) < 4.78 is 33.4. The summed E-state index contributed by atoms with van der Waals surface area (Å²) in [5, 5.41) is 18.8. The van der Waals surface area contributed by atoms with E-state index in [2.05, 4.69) is 0 Å². The van der Waals surface area contributed by atoms with E-state index in [9.17, 15) is 10.2 Å². The predicted molar refractivity (Wildman–Crippen MR) is 129 cm³/mol. The molecule has 0 aromatic heterocycles. The zero-order valence-electron chi connectivity index (χ0n) is 19.8. The summed E-state index contributed by atoms with van der Waals surface area (Å²) in [6, 6.07) is 14.7. The summed E-state index contributed by atoms with van der Waals surface area (Å²) >= 11 is 0. The maximum absolute atomic E-state index is 9.38. The molecular weight excluding hydrogens is 440 g/mol. The highest BCUT2D eigenvalue weighted by Gasteiger charge is 2.18. The van der Waals surface area contributed by atoms with Crippen LogP contribution in [0, 0.1) is 0 Å². The van der Waals surface area contributed by atoms with Crippen LogP contribution < -0.4 is 28.4 Å². The minimum Gasteiger partial charge on any atom is -0.493 e. The second kappa shape index (κ2) is 12.0. The number of ether oxygens (including phenoxy) is 6. The Balaban J connectivity index is 2.21. The van der Waals surface area contributed by atoms with Gasteiger partial charge in [0, 0.05) is 11.1 Å². The fourth-order valence-electron chi connectivity index (χ4n) is 3.57. The smallest absolute Gasteiger partial charge is 0.161 e. The van der Waals surface area contributed by atoms with Gasteiger partial charge in [0.25, 0.3) is 0 Å². The Morgan fingerprint density at radius 3 is 1.21 bits per heavy atom. The maximum atomic E-state index is 9.38. The fraction of sp³-hybridized carbons (Fsp3) is 0.308. The van der Waals surface area contributed by atoms with Crippen LogP contribution in [0.4, 0.5) is 0 Å². The quantitative estimate of drug-likeness (QED) is 0.413. The summed E-state index contributed by atoms with van der Waals surface area (Å²) in [7, 11) is 6.29. The highest BCUT2D eigenvalue weighted by Crippen LogP contribution is 2.44. The van der Waals surface area contributed by atoms with E-state index in [1.165, 1.54) is 0 Å². The van der Waals surface area contributed by atoms with Crippen molar-refractivity contribution in [2.24, 2.45) is 0 Å². The first kappa shape index (κ1) is 25.0. The third-order valence-corrected chi connectivity index (χ3v) is 5.17. The van der Waals surface area contributed by atoms with Gasteiger partial charge >= 0.3 is 0 Å². The van der Waals surface area contributed by atoms with Crippen molar-refractivity contribution >= 4 is 0 Å². The lowest BCUT2D eigenvalue weighted by Crippen LogP contribution is -2.06. The molecule has 34 heavy (non-hydrogen) atoms. The van der Waals surface area contributed by atoms with Crippen molar-refractivity contribution in [3.63, 3.8) is 0 Å². The molecule has 0 spiro atoms. The van der Waals surface area contributed by atoms with Gasteiger partial charge in [-0.25, -0.2) is 0 Å². The SMILES string of the molecule is COc1ccc(-c2cc(OCCO)c(-c3ccc(OC)c(OC)c3)cc2OCCO)cc1OC. The summed E-state index contributed by atoms with van der Waals surface area (Å²) in [6.45, 7) is -0.0509. The zero-order chi connectivity index (χ0) is 24.5. The Hall–Kier alpha value is -3.62. The molecule has 0 saturated heterocycles. The summed E-state index contributed by atoms with van der Waals surface area (Å²) in [5.74, 6) is 3.42. The molecule has 0 aliphatic rings. The minimum atomic E-state index is -0.139. The number of aliphatic hydroxyl groups is 2. The first-order chi connectivity index (χ1) is 16.6. The average molecular weight is 471 g/mol. The van der Waals surface area contributed by atoms with Gasteiger partial charge in [-0.2, -0.15) is 0 Å². The number of aliphatic hydroxyl groups excluding tert-OH is 2. The lowest BCUT2D eigenvalue weighted by Gasteiger charge is -2.19. The molecule has 0 heterocycles. The van der Waals surface area contributed by atoms with E-state index in [0.717, 1.165) is 22.3 Å². The van der Waals surface area contributed by atoms with E-state index in [0.29, 0.717) is 34.5 Å². The van der Waals surface area contributed by atoms with Crippen molar-refractivity contribution in [2.45, 2.75) is 0 Å². The van der Waals surface area contributed by atoms with Gasteiger partial charge in [-0.05, 0) is 47.5 Å². The molecule has 2 N–H and O–H groups in total. The number of methoxy groups -OCH3 is 4. The molecule has 0 atom stereocenters. The monoisotopic (exact) mass is 470 g/mol. The molecule has 0 unspecified atom stereocenters. The van der Waals surface area contributed by atoms with Gasteiger partial charge < -0.3 is 38.6 Å². The van der Waals surface area contributed by atoms with E-state index in [-0.39, 0.29) is 26.4 Å². The van der Waals surface area contributed by atoms with Crippen molar-refractivity contribution in [3.8, 4) is 56.8 Å². The van der Waals surface area contributed by atoms with Crippen LogP contribution in [0.15, 0.2) is 48.5 Å². The Labute approximate surface area is 199 Å². The van der Waals surface area contributed by atoms with E-state index in [4.69, 9.17) is 28.4 Å². The molecule has 3 aromatic rings. The normalized spacial score (nSPS) is 10.5. The summed E-state index contributed by atoms with van der Waals surface area (Å²) in [6.07, 6.45) is 0. The van der Waals surface area contributed by atoms with Crippen LogP contribution in [0.1, 0.15) is 0 Å². The van der Waals surface area contributed by atoms with E-state index in [1.54, 1.807) is 40.6 Å². The molecule has 0 fully saturated rings. The van der Waals surface area contributed by atoms with E-state index >= 15 is 0 Å². The molecular formula is C26H30O8. The number of hydrogen-bond acceptors (Lipinski definition) is 8. The van der Waals surface area contributed by atoms with E-state index in [1.807, 2.05) is 36.4 Å². The highest BCUT2D eigenvalue weighted by molar-refractivity contribution is 5.82. The molecule has 8 nitrogen and oxygen atoms in total. The van der Waals surface area contributed by atoms with Gasteiger partial charge in [0.1, 0.15) is 24.7 Å². The van der Waals surface area contributed by atoms with Gasteiger partial charge in [-0.3, -0.25) is 0 Å². The van der Waals surface area contributed by atoms with Crippen LogP contribution in [0.2, 0.25) is 0 Å². The first-order valence-electron chi connectivity index (χ1n) is 10.7. The maximum Gasteiger partial charge on any atom is 0.161 e. The average Bonchev–Trinajstić information content (AvgIpc) is 2.89. The van der Waals surface area contributed by atoms with Crippen LogP contribution in [0.5, 0.6) is 34.5 Å². The van der Waals surface area contributed by atoms with Crippen LogP contribution >= 0.6 is 0 Å². The van der Waals surface area contributed by atoms with Gasteiger partial charge in [0.05, 0.1) is 41.7 Å². The third-order valence-electron chi connectivity index (χ3n) is 5.17. The molecule has 8 heteroatoms. The second-order valence-electron chi connectivity index (χ2n) is 7.13. The molecule has 3 rings (SSSR count). The van der Waals surface area contributed by atoms with Crippen molar-refractivity contribution < 1.29 is 38.6 Å². The zero-order valence-corrected chi connectivity index (χ0v) is 19.8. The van der Waals surface area contributed by atoms with Crippen molar-refractivity contribution in [1.29, 1.82) is 0 Å². The van der Waals surface area contributed by atoms with Crippen molar-refractivity contribution in [2.75, 3.05) is 54.9 Å². The third kappa shape index (κ3) is 5.47. The molecule has 0 radical (unpaired) electrons. The number of benzene rings is 3. The Bertz CT molecular complexity index is 1010. The lowest BCUT2D eigenvalue weighted by molar-refractivity contribution is 0.199. The van der Waals surface area contributed by atoms with Crippen LogP contribution in [0.25, 0.3) is 22.3 Å². The predicted octanol–water partition coefficient (Wildman–Crippen LogP) is 3.80. The number of hydrogen-bond donors (Lipinski definition) is 2. The van der Waals surface area contributed by atoms with Gasteiger partial charge in [0.15, 0.2) is 23.0 Å². The van der Waals surface area contributed by atoms with Gasteiger partial charge in [-0.15, -0.1) is 0 Å². The molecule has 0 saturated carbocycles. The molecule has 0 bridgehead atoms. The second-order valence-corrected chi connectivity index (χ2v) is 7.13. The molecule has 0 aliphatic heterocycles. The van der Waals surface area contributed by atoms with Crippen molar-refractivity contribution in [3.05, 3.63) is 48.5 Å². The number of rotatable bonds is 12. The highest BCUT2D eigenvalue weighted by atomic mass is 16.5. The summed E-state index contributed by atoms with van der Waals surface area (Å²) in [5.41, 5.74) is 3.06. The Kier molecular flexibility index (Phi) is 8.84. The largest absolute Gasteiger partial charge is 0.493 e. The molecule has 0 amide bonds. The van der Waals surface area contributed by atoms with Crippen LogP contribution in [-0.4, -0.2) is 65.1 Å². The van der Waals surface area contributed by atoms with Crippen molar-refractivity contribution in [1.82, 2.24) is 0 Å². The lowest BCUT2D eigenvalue weighted by atomic mass is 9.97. The van der Waals surface area contributed by atoms with E-state index < -0.39 is 0 Å². The van der Waals surface area contributed by atoms with Crippen LogP contribution in [0.3, 0.4) is 0 Å². The van der Waals surface area contributed by atoms with Crippen LogP contribution in [-0.2, 0) is 0 Å². The van der Waals surface area contributed by atoms with Gasteiger partial charge in [0.2, 0.25) is 0 Å². The minimum absolute atomic E-state index is 0.114. The molecule has 182 valence electrons. The van der Waals surface area contributed by atoms with Gasteiger partial charge in [-0.1, -0.05) is 12.1 Å².